The number of nitro groups is 1. The molecule has 0 saturated carbocycles. The maximum absolute atomic E-state index is 13.7. The molecule has 1 amide bonds. The molecule has 0 heterocycles. The molecule has 0 atom stereocenters. The number of hydrogen-bond donors (Lipinski definition) is 2. The van der Waals surface area contributed by atoms with Crippen molar-refractivity contribution in [1.82, 2.24) is 5.32 Å². The third-order valence-electron chi connectivity index (χ3n) is 3.87. The fourth-order valence-electron chi connectivity index (χ4n) is 1.94. The summed E-state index contributed by atoms with van der Waals surface area (Å²) in [7, 11) is 0. The van der Waals surface area contributed by atoms with Crippen molar-refractivity contribution in [2.24, 2.45) is 5.41 Å². The molecule has 0 spiro atoms. The highest BCUT2D eigenvalue weighted by molar-refractivity contribution is 5.94. The zero-order valence-corrected chi connectivity index (χ0v) is 12.1. The van der Waals surface area contributed by atoms with E-state index >= 15 is 0 Å². The van der Waals surface area contributed by atoms with Crippen LogP contribution in [-0.4, -0.2) is 29.1 Å². The van der Waals surface area contributed by atoms with E-state index in [4.69, 9.17) is 0 Å². The molecule has 0 aromatic heterocycles. The number of amides is 1. The van der Waals surface area contributed by atoms with Gasteiger partial charge in [0.1, 0.15) is 5.82 Å². The third kappa shape index (κ3) is 3.98. The van der Waals surface area contributed by atoms with Crippen molar-refractivity contribution in [3.63, 3.8) is 0 Å². The molecule has 116 valence electrons. The summed E-state index contributed by atoms with van der Waals surface area (Å²) in [6, 6.07) is 2.88. The summed E-state index contributed by atoms with van der Waals surface area (Å²) in [5, 5.41) is 22.5. The lowest BCUT2D eigenvalue weighted by Crippen LogP contribution is -2.39. The highest BCUT2D eigenvalue weighted by atomic mass is 19.1. The molecule has 0 aliphatic carbocycles. The second-order valence-corrected chi connectivity index (χ2v) is 4.97. The molecule has 0 aliphatic heterocycles. The van der Waals surface area contributed by atoms with E-state index in [9.17, 15) is 24.4 Å². The molecule has 0 aliphatic rings. The number of nitro benzene ring substituents is 1. The van der Waals surface area contributed by atoms with E-state index < -0.39 is 27.8 Å². The Hall–Kier alpha value is -2.02. The predicted molar refractivity (Wildman–Crippen MR) is 75.5 cm³/mol. The van der Waals surface area contributed by atoms with Crippen LogP contribution >= 0.6 is 0 Å². The van der Waals surface area contributed by atoms with E-state index in [1.807, 2.05) is 13.8 Å². The minimum atomic E-state index is -0.940. The van der Waals surface area contributed by atoms with E-state index in [1.54, 1.807) is 0 Å². The molecular weight excluding hydrogens is 279 g/mol. The Labute approximate surface area is 122 Å². The topological polar surface area (TPSA) is 92.5 Å². The van der Waals surface area contributed by atoms with Crippen molar-refractivity contribution >= 4 is 11.6 Å². The largest absolute Gasteiger partial charge is 0.396 e. The second-order valence-electron chi connectivity index (χ2n) is 4.97. The van der Waals surface area contributed by atoms with Gasteiger partial charge >= 0.3 is 0 Å². The average molecular weight is 298 g/mol. The lowest BCUT2D eigenvalue weighted by atomic mass is 9.83. The highest BCUT2D eigenvalue weighted by Gasteiger charge is 2.26. The quantitative estimate of drug-likeness (QED) is 0.596. The van der Waals surface area contributed by atoms with Crippen molar-refractivity contribution in [3.8, 4) is 0 Å². The molecule has 0 radical (unpaired) electrons. The Morgan fingerprint density at radius 2 is 2.05 bits per heavy atom. The summed E-state index contributed by atoms with van der Waals surface area (Å²) in [6.07, 6.45) is 1.34. The van der Waals surface area contributed by atoms with Crippen LogP contribution in [0.3, 0.4) is 0 Å². The van der Waals surface area contributed by atoms with Crippen LogP contribution in [0, 0.1) is 21.3 Å². The van der Waals surface area contributed by atoms with Crippen molar-refractivity contribution in [3.05, 3.63) is 39.7 Å². The van der Waals surface area contributed by atoms with Gasteiger partial charge in [0.2, 0.25) is 0 Å². The van der Waals surface area contributed by atoms with Crippen LogP contribution < -0.4 is 5.32 Å². The summed E-state index contributed by atoms with van der Waals surface area (Å²) in [4.78, 5) is 21.7. The van der Waals surface area contributed by atoms with E-state index in [1.165, 1.54) is 0 Å². The molecule has 0 bridgehead atoms. The number of halogens is 1. The number of carbonyl (C=O) groups is 1. The predicted octanol–water partition coefficient (Wildman–Crippen LogP) is 2.26. The first-order chi connectivity index (χ1) is 9.89. The van der Waals surface area contributed by atoms with E-state index in [0.29, 0.717) is 18.9 Å². The summed E-state index contributed by atoms with van der Waals surface area (Å²) in [5.74, 6) is -1.59. The molecule has 0 fully saturated rings. The van der Waals surface area contributed by atoms with Gasteiger partial charge < -0.3 is 10.4 Å². The van der Waals surface area contributed by atoms with Crippen LogP contribution in [-0.2, 0) is 0 Å². The van der Waals surface area contributed by atoms with E-state index in [-0.39, 0.29) is 18.7 Å². The number of aliphatic hydroxyl groups is 1. The number of non-ortho nitro benzene ring substituents is 1. The normalized spacial score (nSPS) is 11.2. The number of nitrogens with zero attached hydrogens (tertiary/aromatic N) is 1. The fraction of sp³-hybridized carbons (Fsp3) is 0.500. The molecule has 0 saturated heterocycles. The maximum atomic E-state index is 13.7. The Morgan fingerprint density at radius 3 is 2.48 bits per heavy atom. The van der Waals surface area contributed by atoms with Crippen LogP contribution in [0.25, 0.3) is 0 Å². The fourth-order valence-corrected chi connectivity index (χ4v) is 1.94. The van der Waals surface area contributed by atoms with Crippen LogP contribution in [0.15, 0.2) is 18.2 Å². The van der Waals surface area contributed by atoms with Crippen LogP contribution in [0.1, 0.15) is 37.0 Å². The Morgan fingerprint density at radius 1 is 1.43 bits per heavy atom. The van der Waals surface area contributed by atoms with E-state index in [0.717, 1.165) is 12.1 Å². The van der Waals surface area contributed by atoms with Crippen LogP contribution in [0.5, 0.6) is 0 Å². The number of rotatable bonds is 7. The first-order valence-corrected chi connectivity index (χ1v) is 6.72. The van der Waals surface area contributed by atoms with Crippen LogP contribution in [0.2, 0.25) is 0 Å². The van der Waals surface area contributed by atoms with Gasteiger partial charge in [0, 0.05) is 18.0 Å². The van der Waals surface area contributed by atoms with Gasteiger partial charge in [-0.25, -0.2) is 4.39 Å². The van der Waals surface area contributed by atoms with Crippen LogP contribution in [0.4, 0.5) is 10.1 Å². The Bertz CT molecular complexity index is 521. The summed E-state index contributed by atoms with van der Waals surface area (Å²) in [5.41, 5.74) is -1.09. The third-order valence-corrected chi connectivity index (χ3v) is 3.87. The van der Waals surface area contributed by atoms with Crippen molar-refractivity contribution in [2.45, 2.75) is 26.7 Å². The van der Waals surface area contributed by atoms with Gasteiger partial charge in [-0.05, 0) is 18.9 Å². The zero-order chi connectivity index (χ0) is 16.0. The number of carbonyl (C=O) groups excluding carboxylic acids is 1. The van der Waals surface area contributed by atoms with E-state index in [2.05, 4.69) is 5.32 Å². The molecule has 1 aromatic rings. The average Bonchev–Trinajstić information content (AvgIpc) is 2.48. The Balaban J connectivity index is 2.83. The monoisotopic (exact) mass is 298 g/mol. The minimum Gasteiger partial charge on any atom is -0.396 e. The van der Waals surface area contributed by atoms with Gasteiger partial charge in [0.05, 0.1) is 23.2 Å². The number of aliphatic hydroxyl groups excluding tert-OH is 1. The number of benzene rings is 1. The van der Waals surface area contributed by atoms with Gasteiger partial charge in [-0.3, -0.25) is 14.9 Å². The lowest BCUT2D eigenvalue weighted by Gasteiger charge is -2.29. The van der Waals surface area contributed by atoms with Gasteiger partial charge in [0.15, 0.2) is 0 Å². The molecular formula is C14H19FN2O4. The molecule has 1 rings (SSSR count). The lowest BCUT2D eigenvalue weighted by molar-refractivity contribution is -0.385. The minimum absolute atomic E-state index is 0.0803. The molecule has 1 aromatic carbocycles. The first-order valence-electron chi connectivity index (χ1n) is 6.72. The number of nitrogens with one attached hydrogen (secondary N) is 1. The molecule has 6 nitrogen and oxygen atoms in total. The van der Waals surface area contributed by atoms with Crippen molar-refractivity contribution in [2.75, 3.05) is 13.2 Å². The summed E-state index contributed by atoms with van der Waals surface area (Å²) in [6.45, 7) is 3.94. The van der Waals surface area contributed by atoms with Gasteiger partial charge in [-0.2, -0.15) is 0 Å². The molecule has 21 heavy (non-hydrogen) atoms. The molecule has 0 unspecified atom stereocenters. The van der Waals surface area contributed by atoms with Gasteiger partial charge in [-0.15, -0.1) is 0 Å². The smallest absolute Gasteiger partial charge is 0.272 e. The van der Waals surface area contributed by atoms with Crippen molar-refractivity contribution in [1.29, 1.82) is 0 Å². The first kappa shape index (κ1) is 17.0. The standard InChI is InChI=1S/C14H19FN2O4/c1-3-14(4-2,9-18)8-16-13(19)11-6-5-10(17(20)21)7-12(11)15/h5-7,18H,3-4,8-9H2,1-2H3,(H,16,19). The van der Waals surface area contributed by atoms with Gasteiger partial charge in [-0.1, -0.05) is 13.8 Å². The van der Waals surface area contributed by atoms with Crippen molar-refractivity contribution < 1.29 is 19.2 Å². The molecule has 7 heteroatoms. The maximum Gasteiger partial charge on any atom is 0.272 e. The SMILES string of the molecule is CCC(CC)(CO)CNC(=O)c1ccc([N+](=O)[O-])cc1F. The van der Waals surface area contributed by atoms with Gasteiger partial charge in [0.25, 0.3) is 11.6 Å². The number of hydrogen-bond acceptors (Lipinski definition) is 4. The highest BCUT2D eigenvalue weighted by Crippen LogP contribution is 2.24. The second kappa shape index (κ2) is 7.12. The Kier molecular flexibility index (Phi) is 5.78. The molecule has 2 N–H and O–H groups in total. The summed E-state index contributed by atoms with van der Waals surface area (Å²) >= 11 is 0. The zero-order valence-electron chi connectivity index (χ0n) is 12.1. The summed E-state index contributed by atoms with van der Waals surface area (Å²) < 4.78 is 13.7.